The molecule has 29 heavy (non-hydrogen) atoms. The Morgan fingerprint density at radius 1 is 1.38 bits per heavy atom. The SMILES string of the molecule is O=C(NCC(F)(F)F)C1(Nc2ccnc(-c3c[nH]c4nc[nH+]cc34)n2)CCOC1. The number of fused-ring (bicyclic) bond motifs is 1. The molecule has 1 atom stereocenters. The summed E-state index contributed by atoms with van der Waals surface area (Å²) in [6.07, 6.45) is 2.19. The number of carbonyl (C=O) groups excluding carboxylic acids is 1. The van der Waals surface area contributed by atoms with Gasteiger partial charge >= 0.3 is 6.18 Å². The van der Waals surface area contributed by atoms with Crippen LogP contribution in [0.15, 0.2) is 31.0 Å². The molecule has 4 N–H and O–H groups in total. The second-order valence-electron chi connectivity index (χ2n) is 6.61. The first-order chi connectivity index (χ1) is 13.9. The van der Waals surface area contributed by atoms with Gasteiger partial charge in [-0.2, -0.15) is 13.2 Å². The molecule has 1 aliphatic rings. The first kappa shape index (κ1) is 19.1. The van der Waals surface area contributed by atoms with Crippen LogP contribution in [0, 0.1) is 0 Å². The molecule has 1 unspecified atom stereocenters. The van der Waals surface area contributed by atoms with Crippen LogP contribution in [0.5, 0.6) is 0 Å². The first-order valence-electron chi connectivity index (χ1n) is 8.74. The molecule has 3 aromatic rings. The summed E-state index contributed by atoms with van der Waals surface area (Å²) in [4.78, 5) is 31.2. The Bertz CT molecular complexity index is 1030. The van der Waals surface area contributed by atoms with Crippen LogP contribution in [0.1, 0.15) is 6.42 Å². The lowest BCUT2D eigenvalue weighted by atomic mass is 9.97. The summed E-state index contributed by atoms with van der Waals surface area (Å²) < 4.78 is 42.8. The molecule has 0 saturated carbocycles. The molecular formula is C17H17F3N7O2+. The molecule has 12 heteroatoms. The molecule has 152 valence electrons. The predicted molar refractivity (Wildman–Crippen MR) is 94.5 cm³/mol. The summed E-state index contributed by atoms with van der Waals surface area (Å²) in [6, 6.07) is 1.54. The Morgan fingerprint density at radius 3 is 3.00 bits per heavy atom. The van der Waals surface area contributed by atoms with Crippen LogP contribution in [-0.4, -0.2) is 57.3 Å². The van der Waals surface area contributed by atoms with Crippen LogP contribution in [0.2, 0.25) is 0 Å². The maximum Gasteiger partial charge on any atom is 0.405 e. The number of hydrogen-bond acceptors (Lipinski definition) is 6. The van der Waals surface area contributed by atoms with E-state index in [4.69, 9.17) is 4.74 Å². The number of nitrogens with zero attached hydrogens (tertiary/aromatic N) is 3. The molecule has 4 rings (SSSR count). The largest absolute Gasteiger partial charge is 0.405 e. The minimum Gasteiger partial charge on any atom is -0.378 e. The third kappa shape index (κ3) is 3.97. The third-order valence-electron chi connectivity index (χ3n) is 4.56. The van der Waals surface area contributed by atoms with Crippen LogP contribution in [0.3, 0.4) is 0 Å². The lowest BCUT2D eigenvalue weighted by molar-refractivity contribution is -0.380. The zero-order valence-corrected chi connectivity index (χ0v) is 15.0. The van der Waals surface area contributed by atoms with Crippen LogP contribution in [-0.2, 0) is 9.53 Å². The van der Waals surface area contributed by atoms with Gasteiger partial charge in [-0.1, -0.05) is 0 Å². The van der Waals surface area contributed by atoms with E-state index >= 15 is 0 Å². The van der Waals surface area contributed by atoms with Crippen molar-refractivity contribution in [1.82, 2.24) is 25.3 Å². The molecule has 9 nitrogen and oxygen atoms in total. The average molecular weight is 408 g/mol. The van der Waals surface area contributed by atoms with Crippen LogP contribution in [0.25, 0.3) is 22.4 Å². The lowest BCUT2D eigenvalue weighted by Gasteiger charge is -2.28. The Kier molecular flexibility index (Phi) is 4.78. The van der Waals surface area contributed by atoms with Crippen molar-refractivity contribution in [2.75, 3.05) is 25.1 Å². The molecule has 0 bridgehead atoms. The summed E-state index contributed by atoms with van der Waals surface area (Å²) in [5.41, 5.74) is -0.00831. The Labute approximate surface area is 162 Å². The Morgan fingerprint density at radius 2 is 2.24 bits per heavy atom. The number of alkyl halides is 3. The average Bonchev–Trinajstić information content (AvgIpc) is 3.33. The van der Waals surface area contributed by atoms with E-state index in [1.165, 1.54) is 12.5 Å². The van der Waals surface area contributed by atoms with Crippen LogP contribution >= 0.6 is 0 Å². The number of anilines is 1. The fourth-order valence-electron chi connectivity index (χ4n) is 3.14. The molecule has 0 aromatic carbocycles. The van der Waals surface area contributed by atoms with Gasteiger partial charge < -0.3 is 20.4 Å². The van der Waals surface area contributed by atoms with E-state index in [1.54, 1.807) is 18.5 Å². The maximum atomic E-state index is 12.5. The number of nitrogens with one attached hydrogen (secondary N) is 4. The van der Waals surface area contributed by atoms with Gasteiger partial charge in [0, 0.05) is 25.4 Å². The number of aromatic nitrogens is 5. The minimum atomic E-state index is -4.50. The molecule has 1 aliphatic heterocycles. The number of aromatic amines is 2. The molecule has 1 amide bonds. The number of halogens is 3. The van der Waals surface area contributed by atoms with E-state index < -0.39 is 24.2 Å². The van der Waals surface area contributed by atoms with Gasteiger partial charge in [-0.15, -0.1) is 0 Å². The summed E-state index contributed by atoms with van der Waals surface area (Å²) >= 11 is 0. The van der Waals surface area contributed by atoms with Crippen molar-refractivity contribution in [3.8, 4) is 11.4 Å². The molecule has 1 saturated heterocycles. The fraction of sp³-hybridized carbons (Fsp3) is 0.353. The monoisotopic (exact) mass is 408 g/mol. The normalized spacial score (nSPS) is 19.4. The Balaban J connectivity index is 1.59. The topological polar surface area (TPSA) is 119 Å². The van der Waals surface area contributed by atoms with E-state index in [2.05, 4.69) is 30.2 Å². The summed E-state index contributed by atoms with van der Waals surface area (Å²) in [5, 5.41) is 5.65. The quantitative estimate of drug-likeness (QED) is 0.581. The van der Waals surface area contributed by atoms with Gasteiger partial charge in [-0.05, 0) is 11.1 Å². The predicted octanol–water partition coefficient (Wildman–Crippen LogP) is 1.08. The standard InChI is InChI=1S/C17H16F3N7O2/c18-17(19,20)7-24-15(28)16(2-4-29-8-16)27-12-1-3-22-14(26-12)11-6-23-13-10(11)5-21-9-25-13/h1,3,5-6,9H,2,4,7-8H2,(H,24,28)(H,21,23,25)(H,22,26,27)/p+1. The van der Waals surface area contributed by atoms with Gasteiger partial charge in [0.2, 0.25) is 5.91 Å². The highest BCUT2D eigenvalue weighted by atomic mass is 19.4. The number of amides is 1. The van der Waals surface area contributed by atoms with Crippen molar-refractivity contribution < 1.29 is 27.7 Å². The molecule has 4 heterocycles. The van der Waals surface area contributed by atoms with Crippen molar-refractivity contribution >= 4 is 22.8 Å². The van der Waals surface area contributed by atoms with Crippen LogP contribution in [0.4, 0.5) is 19.0 Å². The molecular weight excluding hydrogens is 391 g/mol. The van der Waals surface area contributed by atoms with Crippen molar-refractivity contribution in [2.45, 2.75) is 18.1 Å². The van der Waals surface area contributed by atoms with E-state index in [1.807, 2.05) is 5.32 Å². The van der Waals surface area contributed by atoms with Crippen molar-refractivity contribution in [3.05, 3.63) is 31.0 Å². The summed E-state index contributed by atoms with van der Waals surface area (Å²) in [7, 11) is 0. The van der Waals surface area contributed by atoms with E-state index in [0.29, 0.717) is 22.9 Å². The number of H-pyrrole nitrogens is 2. The van der Waals surface area contributed by atoms with Crippen molar-refractivity contribution in [2.24, 2.45) is 0 Å². The lowest BCUT2D eigenvalue weighted by Crippen LogP contribution is -2.54. The van der Waals surface area contributed by atoms with Gasteiger partial charge in [0.05, 0.1) is 17.6 Å². The van der Waals surface area contributed by atoms with Crippen molar-refractivity contribution in [1.29, 1.82) is 0 Å². The smallest absolute Gasteiger partial charge is 0.378 e. The van der Waals surface area contributed by atoms with E-state index in [9.17, 15) is 18.0 Å². The minimum absolute atomic E-state index is 0.0675. The number of ether oxygens (including phenoxy) is 1. The van der Waals surface area contributed by atoms with Crippen LogP contribution < -0.4 is 15.6 Å². The van der Waals surface area contributed by atoms with Gasteiger partial charge in [0.15, 0.2) is 5.82 Å². The zero-order valence-electron chi connectivity index (χ0n) is 15.0. The van der Waals surface area contributed by atoms with E-state index in [-0.39, 0.29) is 19.6 Å². The first-order valence-corrected chi connectivity index (χ1v) is 8.74. The second kappa shape index (κ2) is 7.28. The Hall–Kier alpha value is -3.28. The molecule has 0 radical (unpaired) electrons. The number of rotatable bonds is 5. The zero-order chi connectivity index (χ0) is 20.5. The molecule has 1 fully saturated rings. The highest BCUT2D eigenvalue weighted by Crippen LogP contribution is 2.27. The molecule has 0 aliphatic carbocycles. The van der Waals surface area contributed by atoms with Crippen molar-refractivity contribution in [3.63, 3.8) is 0 Å². The molecule has 0 spiro atoms. The van der Waals surface area contributed by atoms with Gasteiger partial charge in [0.1, 0.15) is 24.1 Å². The molecule has 3 aromatic heterocycles. The third-order valence-corrected chi connectivity index (χ3v) is 4.56. The second-order valence-corrected chi connectivity index (χ2v) is 6.61. The van der Waals surface area contributed by atoms with Gasteiger partial charge in [-0.3, -0.25) is 4.79 Å². The summed E-state index contributed by atoms with van der Waals surface area (Å²) in [5.74, 6) is -0.129. The number of carbonyl (C=O) groups is 1. The fourth-order valence-corrected chi connectivity index (χ4v) is 3.14. The highest BCUT2D eigenvalue weighted by molar-refractivity contribution is 5.91. The van der Waals surface area contributed by atoms with Gasteiger partial charge in [0.25, 0.3) is 12.0 Å². The van der Waals surface area contributed by atoms with Gasteiger partial charge in [-0.25, -0.2) is 15.0 Å². The van der Waals surface area contributed by atoms with E-state index in [0.717, 1.165) is 5.39 Å². The highest BCUT2D eigenvalue weighted by Gasteiger charge is 2.44. The summed E-state index contributed by atoms with van der Waals surface area (Å²) in [6.45, 7) is -1.24. The number of hydrogen-bond donors (Lipinski definition) is 3. The maximum absolute atomic E-state index is 12.5.